The van der Waals surface area contributed by atoms with Crippen molar-refractivity contribution in [3.05, 3.63) is 65.9 Å². The van der Waals surface area contributed by atoms with E-state index in [2.05, 4.69) is 4.90 Å². The Balaban J connectivity index is 1.76. The Morgan fingerprint density at radius 1 is 1.23 bits per heavy atom. The van der Waals surface area contributed by atoms with Crippen molar-refractivity contribution in [3.8, 4) is 5.75 Å². The van der Waals surface area contributed by atoms with Gasteiger partial charge in [-0.15, -0.1) is 11.3 Å². The average Bonchev–Trinajstić information content (AvgIpc) is 2.97. The molecule has 0 saturated heterocycles. The van der Waals surface area contributed by atoms with Crippen LogP contribution in [0.25, 0.3) is 18.2 Å². The minimum Gasteiger partial charge on any atom is -0.465 e. The van der Waals surface area contributed by atoms with Crippen molar-refractivity contribution in [1.29, 1.82) is 0 Å². The molecule has 0 spiro atoms. The van der Waals surface area contributed by atoms with E-state index in [1.54, 1.807) is 24.3 Å². The van der Waals surface area contributed by atoms with Gasteiger partial charge in [0, 0.05) is 27.9 Å². The lowest BCUT2D eigenvalue weighted by Gasteiger charge is -2.15. The summed E-state index contributed by atoms with van der Waals surface area (Å²) in [7, 11) is 4.08. The number of ether oxygens (including phenoxy) is 3. The topological polar surface area (TPSA) is 48.0 Å². The second-order valence-electron chi connectivity index (χ2n) is 7.44. The summed E-state index contributed by atoms with van der Waals surface area (Å²) in [5, 5.41) is 2.15. The third kappa shape index (κ3) is 4.42. The fourth-order valence-corrected chi connectivity index (χ4v) is 5.08. The quantitative estimate of drug-likeness (QED) is 0.469. The number of benzene rings is 1. The van der Waals surface area contributed by atoms with Gasteiger partial charge in [-0.2, -0.15) is 0 Å². The molecule has 0 radical (unpaired) electrons. The number of esters is 1. The molecule has 0 saturated carbocycles. The van der Waals surface area contributed by atoms with E-state index >= 15 is 0 Å². The van der Waals surface area contributed by atoms with Gasteiger partial charge < -0.3 is 19.1 Å². The lowest BCUT2D eigenvalue weighted by molar-refractivity contribution is 0.0526. The van der Waals surface area contributed by atoms with Crippen LogP contribution in [0.3, 0.4) is 0 Å². The van der Waals surface area contributed by atoms with Crippen LogP contribution in [0.4, 0.5) is 0 Å². The van der Waals surface area contributed by atoms with Crippen LogP contribution in [0.1, 0.15) is 29.3 Å². The summed E-state index contributed by atoms with van der Waals surface area (Å²) in [5.41, 5.74) is 1.29. The van der Waals surface area contributed by atoms with E-state index in [1.807, 2.05) is 50.5 Å². The Labute approximate surface area is 189 Å². The maximum absolute atomic E-state index is 12.4. The van der Waals surface area contributed by atoms with E-state index < -0.39 is 5.97 Å². The monoisotopic (exact) mass is 457 g/mol. The maximum Gasteiger partial charge on any atom is 0.339 e. The van der Waals surface area contributed by atoms with Gasteiger partial charge in [0.2, 0.25) is 0 Å². The molecule has 0 atom stereocenters. The first-order chi connectivity index (χ1) is 15.0. The molecule has 0 N–H and O–H groups in total. The Bertz CT molecular complexity index is 1290. The number of carbonyl (C=O) groups excluding carboxylic acids is 1. The molecule has 1 aromatic carbocycles. The van der Waals surface area contributed by atoms with Crippen LogP contribution >= 0.6 is 22.9 Å². The summed E-state index contributed by atoms with van der Waals surface area (Å²) >= 11 is 8.31. The number of hydrogen-bond donors (Lipinski definition) is 0. The lowest BCUT2D eigenvalue weighted by Crippen LogP contribution is -2.16. The second kappa shape index (κ2) is 9.30. The average molecular weight is 458 g/mol. The molecule has 0 unspecified atom stereocenters. The standard InChI is InChI=1S/C24H24ClNO4S/c1-4-28-24(27)16-10-9-15-7-5-8-17-22-18(31-23(17)20(15)21(16)25)11-12-19(30-22)29-14-6-13-26(2)3/h5,7-12H,4,6,13-14H2,1-3H3. The van der Waals surface area contributed by atoms with Crippen LogP contribution in [0.15, 0.2) is 30.2 Å². The van der Waals surface area contributed by atoms with Gasteiger partial charge in [0.25, 0.3) is 5.95 Å². The molecule has 0 fully saturated rings. The van der Waals surface area contributed by atoms with Gasteiger partial charge >= 0.3 is 5.97 Å². The third-order valence-corrected chi connectivity index (χ3v) is 6.49. The van der Waals surface area contributed by atoms with Crippen molar-refractivity contribution >= 4 is 47.1 Å². The molecule has 4 rings (SSSR count). The fraction of sp³-hybridized carbons (Fsp3) is 0.292. The summed E-state index contributed by atoms with van der Waals surface area (Å²) in [4.78, 5) is 14.5. The highest BCUT2D eigenvalue weighted by Crippen LogP contribution is 2.29. The van der Waals surface area contributed by atoms with Gasteiger partial charge in [-0.1, -0.05) is 29.8 Å². The number of hydrogen-bond acceptors (Lipinski definition) is 6. The molecule has 1 aliphatic carbocycles. The Morgan fingerprint density at radius 3 is 2.84 bits per heavy atom. The van der Waals surface area contributed by atoms with E-state index in [0.717, 1.165) is 43.8 Å². The predicted octanol–water partition coefficient (Wildman–Crippen LogP) is 3.66. The number of nitrogens with zero attached hydrogens (tertiary/aromatic N) is 1. The van der Waals surface area contributed by atoms with E-state index in [0.29, 0.717) is 29.7 Å². The number of rotatable bonds is 7. The second-order valence-corrected chi connectivity index (χ2v) is 8.87. The minimum absolute atomic E-state index is 0.296. The van der Waals surface area contributed by atoms with Crippen LogP contribution in [-0.2, 0) is 9.47 Å². The molecule has 5 nitrogen and oxygen atoms in total. The van der Waals surface area contributed by atoms with Crippen molar-refractivity contribution in [2.24, 2.45) is 0 Å². The first-order valence-corrected chi connectivity index (χ1v) is 11.4. The summed E-state index contributed by atoms with van der Waals surface area (Å²) < 4.78 is 19.0. The normalized spacial score (nSPS) is 13.6. The zero-order valence-electron chi connectivity index (χ0n) is 17.7. The summed E-state index contributed by atoms with van der Waals surface area (Å²) in [6.45, 7) is 3.61. The molecule has 2 aromatic rings. The molecule has 31 heavy (non-hydrogen) atoms. The molecule has 1 aromatic heterocycles. The first-order valence-electron chi connectivity index (χ1n) is 10.2. The molecule has 162 valence electrons. The van der Waals surface area contributed by atoms with Gasteiger partial charge in [-0.25, -0.2) is 4.79 Å². The largest absolute Gasteiger partial charge is 0.465 e. The molecular weight excluding hydrogens is 434 g/mol. The Morgan fingerprint density at radius 2 is 2.06 bits per heavy atom. The highest BCUT2D eigenvalue weighted by molar-refractivity contribution is 7.08. The van der Waals surface area contributed by atoms with Crippen molar-refractivity contribution in [1.82, 2.24) is 4.90 Å². The SMILES string of the molecule is CCOC(=O)c1ccc2c(c1Cl)=c1sc3c(c1C=CC=2)OC(OCCCN(C)C)=CC=3. The number of thiophene rings is 1. The summed E-state index contributed by atoms with van der Waals surface area (Å²) in [6, 6.07) is 3.61. The summed E-state index contributed by atoms with van der Waals surface area (Å²) in [6.07, 6.45) is 10.7. The molecule has 1 aliphatic heterocycles. The fourth-order valence-electron chi connectivity index (χ4n) is 3.48. The first kappa shape index (κ1) is 21.7. The van der Waals surface area contributed by atoms with Gasteiger partial charge in [0.15, 0.2) is 5.75 Å². The zero-order valence-corrected chi connectivity index (χ0v) is 19.3. The Hall–Kier alpha value is -2.54. The molecule has 2 heterocycles. The molecular formula is C24H24ClNO4S. The summed E-state index contributed by atoms with van der Waals surface area (Å²) in [5.74, 6) is 0.813. The molecule has 7 heteroatoms. The van der Waals surface area contributed by atoms with Crippen molar-refractivity contribution in [2.45, 2.75) is 13.3 Å². The Kier molecular flexibility index (Phi) is 6.51. The lowest BCUT2D eigenvalue weighted by atomic mass is 10.1. The maximum atomic E-state index is 12.4. The number of carbonyl (C=O) groups is 1. The predicted molar refractivity (Wildman–Crippen MR) is 124 cm³/mol. The third-order valence-electron chi connectivity index (χ3n) is 4.93. The molecule has 2 aliphatic rings. The van der Waals surface area contributed by atoms with Crippen LogP contribution in [0.5, 0.6) is 5.75 Å². The van der Waals surface area contributed by atoms with Crippen molar-refractivity contribution < 1.29 is 19.0 Å². The minimum atomic E-state index is -0.423. The van der Waals surface area contributed by atoms with Crippen molar-refractivity contribution in [2.75, 3.05) is 33.9 Å². The zero-order chi connectivity index (χ0) is 22.0. The van der Waals surface area contributed by atoms with E-state index in [4.69, 9.17) is 25.8 Å². The van der Waals surface area contributed by atoms with Crippen LogP contribution < -0.4 is 14.5 Å². The smallest absolute Gasteiger partial charge is 0.339 e. The number of halogens is 1. The molecule has 0 amide bonds. The van der Waals surface area contributed by atoms with Crippen molar-refractivity contribution in [3.63, 3.8) is 0 Å². The van der Waals surface area contributed by atoms with Crippen LogP contribution in [0, 0.1) is 9.75 Å². The van der Waals surface area contributed by atoms with E-state index in [-0.39, 0.29) is 0 Å². The van der Waals surface area contributed by atoms with E-state index in [9.17, 15) is 4.79 Å². The number of fused-ring (bicyclic) bond motifs is 4. The van der Waals surface area contributed by atoms with Gasteiger partial charge in [-0.05, 0) is 50.9 Å². The van der Waals surface area contributed by atoms with Crippen LogP contribution in [-0.4, -0.2) is 44.7 Å². The van der Waals surface area contributed by atoms with Gasteiger partial charge in [0.05, 0.1) is 28.3 Å². The van der Waals surface area contributed by atoms with Gasteiger partial charge in [0.1, 0.15) is 0 Å². The highest BCUT2D eigenvalue weighted by Gasteiger charge is 2.19. The van der Waals surface area contributed by atoms with E-state index in [1.165, 1.54) is 0 Å². The highest BCUT2D eigenvalue weighted by atomic mass is 35.5. The van der Waals surface area contributed by atoms with Crippen LogP contribution in [0.2, 0.25) is 5.02 Å². The number of allylic oxidation sites excluding steroid dienone is 2. The van der Waals surface area contributed by atoms with Gasteiger partial charge in [-0.3, -0.25) is 0 Å². The molecule has 0 bridgehead atoms.